The highest BCUT2D eigenvalue weighted by atomic mass is 32.2. The minimum atomic E-state index is -3.92. The molecule has 9 heteroatoms. The van der Waals surface area contributed by atoms with Gasteiger partial charge in [-0.2, -0.15) is 4.31 Å². The molecule has 140 valence electrons. The number of aromatic nitrogens is 1. The SMILES string of the molecule is Cc1ccc([N+](=O)[O-])cc1S(=O)(=O)N1CCn2cccc2C1c1cccs1. The molecule has 0 bridgehead atoms. The van der Waals surface area contributed by atoms with Crippen molar-refractivity contribution in [3.63, 3.8) is 0 Å². The van der Waals surface area contributed by atoms with E-state index >= 15 is 0 Å². The number of rotatable bonds is 4. The Morgan fingerprint density at radius 2 is 2.00 bits per heavy atom. The molecule has 1 aliphatic heterocycles. The number of nitro groups is 1. The van der Waals surface area contributed by atoms with E-state index in [9.17, 15) is 18.5 Å². The zero-order chi connectivity index (χ0) is 19.2. The Morgan fingerprint density at radius 3 is 2.70 bits per heavy atom. The Balaban J connectivity index is 1.86. The van der Waals surface area contributed by atoms with E-state index < -0.39 is 21.0 Å². The number of thiophene rings is 1. The lowest BCUT2D eigenvalue weighted by Gasteiger charge is -2.35. The van der Waals surface area contributed by atoms with Gasteiger partial charge in [-0.05, 0) is 36.1 Å². The first kappa shape index (κ1) is 17.9. The molecule has 0 fully saturated rings. The summed E-state index contributed by atoms with van der Waals surface area (Å²) in [6.45, 7) is 2.50. The van der Waals surface area contributed by atoms with E-state index in [0.717, 1.165) is 16.6 Å². The van der Waals surface area contributed by atoms with Gasteiger partial charge in [-0.3, -0.25) is 10.1 Å². The van der Waals surface area contributed by atoms with Gasteiger partial charge in [-0.25, -0.2) is 8.42 Å². The molecule has 0 amide bonds. The molecule has 0 saturated carbocycles. The number of non-ortho nitro benzene ring substituents is 1. The minimum Gasteiger partial charge on any atom is -0.348 e. The lowest BCUT2D eigenvalue weighted by Crippen LogP contribution is -2.42. The first-order valence-corrected chi connectivity index (χ1v) is 10.7. The van der Waals surface area contributed by atoms with Crippen LogP contribution in [0, 0.1) is 17.0 Å². The smallest absolute Gasteiger partial charge is 0.270 e. The molecule has 2 aromatic heterocycles. The molecule has 3 heterocycles. The zero-order valence-corrected chi connectivity index (χ0v) is 16.1. The summed E-state index contributed by atoms with van der Waals surface area (Å²) in [5.74, 6) is 0. The van der Waals surface area contributed by atoms with Gasteiger partial charge in [0.15, 0.2) is 0 Å². The second-order valence-corrected chi connectivity index (χ2v) is 9.21. The van der Waals surface area contributed by atoms with Gasteiger partial charge in [0.2, 0.25) is 10.0 Å². The third-order valence-electron chi connectivity index (χ3n) is 4.78. The van der Waals surface area contributed by atoms with Gasteiger partial charge >= 0.3 is 0 Å². The lowest BCUT2D eigenvalue weighted by atomic mass is 10.1. The predicted octanol–water partition coefficient (Wildman–Crippen LogP) is 3.56. The lowest BCUT2D eigenvalue weighted by molar-refractivity contribution is -0.385. The van der Waals surface area contributed by atoms with Gasteiger partial charge in [0, 0.05) is 42.0 Å². The Hall–Kier alpha value is -2.49. The van der Waals surface area contributed by atoms with Gasteiger partial charge in [-0.15, -0.1) is 11.3 Å². The Morgan fingerprint density at radius 1 is 1.19 bits per heavy atom. The maximum absolute atomic E-state index is 13.5. The summed E-state index contributed by atoms with van der Waals surface area (Å²) in [6.07, 6.45) is 1.94. The Kier molecular flexibility index (Phi) is 4.37. The van der Waals surface area contributed by atoms with Crippen LogP contribution in [0.1, 0.15) is 22.2 Å². The summed E-state index contributed by atoms with van der Waals surface area (Å²) in [5, 5.41) is 13.1. The zero-order valence-electron chi connectivity index (χ0n) is 14.5. The predicted molar refractivity (Wildman–Crippen MR) is 102 cm³/mol. The molecule has 27 heavy (non-hydrogen) atoms. The summed E-state index contributed by atoms with van der Waals surface area (Å²) in [7, 11) is -3.92. The average molecular weight is 403 g/mol. The van der Waals surface area contributed by atoms with Gasteiger partial charge in [0.25, 0.3) is 5.69 Å². The van der Waals surface area contributed by atoms with Crippen LogP contribution in [0.5, 0.6) is 0 Å². The van der Waals surface area contributed by atoms with E-state index in [2.05, 4.69) is 4.57 Å². The molecular weight excluding hydrogens is 386 g/mol. The van der Waals surface area contributed by atoms with Crippen molar-refractivity contribution in [1.29, 1.82) is 0 Å². The molecule has 7 nitrogen and oxygen atoms in total. The summed E-state index contributed by atoms with van der Waals surface area (Å²) in [5.41, 5.74) is 1.16. The minimum absolute atomic E-state index is 0.0155. The van der Waals surface area contributed by atoms with Crippen molar-refractivity contribution in [2.24, 2.45) is 0 Å². The number of sulfonamides is 1. The molecule has 1 aromatic carbocycles. The molecule has 1 unspecified atom stereocenters. The average Bonchev–Trinajstić information content (AvgIpc) is 3.32. The number of nitro benzene ring substituents is 1. The van der Waals surface area contributed by atoms with Crippen LogP contribution in [-0.4, -0.2) is 28.8 Å². The van der Waals surface area contributed by atoms with Crippen LogP contribution in [0.3, 0.4) is 0 Å². The summed E-state index contributed by atoms with van der Waals surface area (Å²) in [4.78, 5) is 11.5. The molecule has 0 aliphatic carbocycles. The van der Waals surface area contributed by atoms with Gasteiger partial charge in [0.1, 0.15) is 0 Å². The summed E-state index contributed by atoms with van der Waals surface area (Å²) in [6, 6.07) is 11.2. The summed E-state index contributed by atoms with van der Waals surface area (Å²) < 4.78 is 30.5. The standard InChI is InChI=1S/C18H17N3O4S2/c1-13-6-7-14(21(22)23)12-17(13)27(24,25)20-10-9-19-8-2-4-15(19)18(20)16-5-3-11-26-16/h2-8,11-12,18H,9-10H2,1H3. The highest BCUT2D eigenvalue weighted by Crippen LogP contribution is 2.39. The van der Waals surface area contributed by atoms with Crippen molar-refractivity contribution in [3.8, 4) is 0 Å². The quantitative estimate of drug-likeness (QED) is 0.492. The highest BCUT2D eigenvalue weighted by molar-refractivity contribution is 7.89. The molecule has 0 radical (unpaired) electrons. The van der Waals surface area contributed by atoms with Crippen molar-refractivity contribution in [1.82, 2.24) is 8.87 Å². The first-order chi connectivity index (χ1) is 12.9. The van der Waals surface area contributed by atoms with E-state index in [4.69, 9.17) is 0 Å². The van der Waals surface area contributed by atoms with Crippen LogP contribution < -0.4 is 0 Å². The third-order valence-corrected chi connectivity index (χ3v) is 7.71. The molecule has 1 aliphatic rings. The Bertz CT molecular complexity index is 1100. The monoisotopic (exact) mass is 403 g/mol. The van der Waals surface area contributed by atoms with Crippen molar-refractivity contribution in [3.05, 3.63) is 80.3 Å². The van der Waals surface area contributed by atoms with E-state index in [0.29, 0.717) is 18.7 Å². The van der Waals surface area contributed by atoms with E-state index in [1.165, 1.54) is 27.8 Å². The van der Waals surface area contributed by atoms with Gasteiger partial charge < -0.3 is 4.57 Å². The van der Waals surface area contributed by atoms with Crippen LogP contribution in [-0.2, 0) is 16.6 Å². The van der Waals surface area contributed by atoms with E-state index in [1.54, 1.807) is 6.92 Å². The van der Waals surface area contributed by atoms with Crippen LogP contribution >= 0.6 is 11.3 Å². The highest BCUT2D eigenvalue weighted by Gasteiger charge is 2.39. The summed E-state index contributed by atoms with van der Waals surface area (Å²) >= 11 is 1.50. The molecular formula is C18H17N3O4S2. The van der Waals surface area contributed by atoms with Crippen LogP contribution in [0.2, 0.25) is 0 Å². The molecule has 0 N–H and O–H groups in total. The fraction of sp³-hybridized carbons (Fsp3) is 0.222. The normalized spacial score (nSPS) is 17.6. The molecule has 3 aromatic rings. The number of hydrogen-bond donors (Lipinski definition) is 0. The van der Waals surface area contributed by atoms with Gasteiger partial charge in [-0.1, -0.05) is 12.1 Å². The van der Waals surface area contributed by atoms with Crippen LogP contribution in [0.15, 0.2) is 58.9 Å². The maximum Gasteiger partial charge on any atom is 0.270 e. The second-order valence-electron chi connectivity index (χ2n) is 6.37. The van der Waals surface area contributed by atoms with Crippen molar-refractivity contribution < 1.29 is 13.3 Å². The molecule has 0 spiro atoms. The fourth-order valence-corrected chi connectivity index (χ4v) is 6.20. The number of aryl methyl sites for hydroxylation is 1. The number of nitrogens with zero attached hydrogens (tertiary/aromatic N) is 3. The van der Waals surface area contributed by atoms with E-state index in [1.807, 2.05) is 35.8 Å². The Labute approximate surface area is 160 Å². The second kappa shape index (κ2) is 6.59. The number of benzene rings is 1. The van der Waals surface area contributed by atoms with Crippen molar-refractivity contribution in [2.45, 2.75) is 24.4 Å². The van der Waals surface area contributed by atoms with Crippen LogP contribution in [0.4, 0.5) is 5.69 Å². The first-order valence-electron chi connectivity index (χ1n) is 8.35. The fourth-order valence-electron chi connectivity index (χ4n) is 3.46. The van der Waals surface area contributed by atoms with Crippen LogP contribution in [0.25, 0.3) is 0 Å². The molecule has 1 atom stereocenters. The number of fused-ring (bicyclic) bond motifs is 1. The van der Waals surface area contributed by atoms with Crippen molar-refractivity contribution in [2.75, 3.05) is 6.54 Å². The molecule has 4 rings (SSSR count). The van der Waals surface area contributed by atoms with E-state index in [-0.39, 0.29) is 10.6 Å². The van der Waals surface area contributed by atoms with Gasteiger partial charge in [0.05, 0.1) is 15.9 Å². The third kappa shape index (κ3) is 2.97. The van der Waals surface area contributed by atoms with Crippen molar-refractivity contribution >= 4 is 27.0 Å². The largest absolute Gasteiger partial charge is 0.348 e. The maximum atomic E-state index is 13.5. The number of hydrogen-bond acceptors (Lipinski definition) is 5. The topological polar surface area (TPSA) is 85.4 Å². The molecule has 0 saturated heterocycles.